The van der Waals surface area contributed by atoms with Gasteiger partial charge < -0.3 is 109 Å². The van der Waals surface area contributed by atoms with Gasteiger partial charge >= 0.3 is 0 Å². The van der Waals surface area contributed by atoms with Crippen LogP contribution in [0.4, 0.5) is 0 Å². The molecule has 34 heteroatoms. The van der Waals surface area contributed by atoms with Gasteiger partial charge in [0.05, 0.1) is 19.1 Å². The van der Waals surface area contributed by atoms with Gasteiger partial charge in [-0.25, -0.2) is 0 Å². The zero-order chi connectivity index (χ0) is 70.7. The number of nitrogens with two attached hydrogens (primary N) is 9. The lowest BCUT2D eigenvalue weighted by atomic mass is 9.99. The Balaban J connectivity index is 1.88. The summed E-state index contributed by atoms with van der Waals surface area (Å²) in [5, 5.41) is 30.6. The van der Waals surface area contributed by atoms with Crippen molar-refractivity contribution in [3.8, 4) is 5.75 Å². The number of aromatic hydroxyl groups is 1. The Bertz CT molecular complexity index is 2960. The zero-order valence-corrected chi connectivity index (χ0v) is 54.7. The van der Waals surface area contributed by atoms with Gasteiger partial charge in [0, 0.05) is 39.6 Å². The molecule has 34 nitrogen and oxygen atoms in total. The molecule has 0 bridgehead atoms. The molecule has 0 spiro atoms. The average molecular weight is 1330 g/mol. The van der Waals surface area contributed by atoms with E-state index in [1.165, 1.54) is 31.0 Å². The maximum absolute atomic E-state index is 14.6. The van der Waals surface area contributed by atoms with Crippen molar-refractivity contribution in [3.05, 3.63) is 65.7 Å². The molecule has 0 saturated carbocycles. The normalized spacial score (nSPS) is 15.1. The van der Waals surface area contributed by atoms with Crippen LogP contribution in [0.25, 0.3) is 0 Å². The molecule has 2 aromatic carbocycles. The molecular weight excluding hydrogens is 1230 g/mol. The largest absolute Gasteiger partial charge is 0.508 e. The summed E-state index contributed by atoms with van der Waals surface area (Å²) >= 11 is 0. The monoisotopic (exact) mass is 1330 g/mol. The number of nitrogens with one attached hydrogen (secondary N) is 8. The molecule has 0 unspecified atom stereocenters. The number of rotatable bonds is 42. The third-order valence-electron chi connectivity index (χ3n) is 15.3. The molecule has 1 heterocycles. The third kappa shape index (κ3) is 29.7. The van der Waals surface area contributed by atoms with E-state index in [0.717, 1.165) is 4.90 Å². The molecule has 1 aliphatic heterocycles. The maximum Gasteiger partial charge on any atom is 0.245 e. The van der Waals surface area contributed by atoms with E-state index in [-0.39, 0.29) is 126 Å². The highest BCUT2D eigenvalue weighted by atomic mass is 16.3. The quantitative estimate of drug-likeness (QED) is 0.0167. The number of benzene rings is 2. The van der Waals surface area contributed by atoms with Crippen LogP contribution in [-0.2, 0) is 65.6 Å². The number of guanidine groups is 3. The van der Waals surface area contributed by atoms with E-state index in [0.29, 0.717) is 36.9 Å². The van der Waals surface area contributed by atoms with Gasteiger partial charge in [-0.15, -0.1) is 0 Å². The summed E-state index contributed by atoms with van der Waals surface area (Å²) in [5.74, 6) is -9.19. The van der Waals surface area contributed by atoms with Crippen LogP contribution in [0, 0.1) is 5.92 Å². The predicted octanol–water partition coefficient (Wildman–Crippen LogP) is -5.69. The van der Waals surface area contributed by atoms with Crippen molar-refractivity contribution < 1.29 is 57.8 Å². The van der Waals surface area contributed by atoms with Crippen molar-refractivity contribution in [3.63, 3.8) is 0 Å². The van der Waals surface area contributed by atoms with Crippen LogP contribution in [0.2, 0.25) is 0 Å². The Labute approximate surface area is 553 Å². The molecule has 0 aliphatic carbocycles. The van der Waals surface area contributed by atoms with Gasteiger partial charge in [0.1, 0.15) is 54.1 Å². The minimum absolute atomic E-state index is 0.00438. The predicted molar refractivity (Wildman–Crippen MR) is 356 cm³/mol. The van der Waals surface area contributed by atoms with Crippen molar-refractivity contribution in [1.29, 1.82) is 0 Å². The highest BCUT2D eigenvalue weighted by Crippen LogP contribution is 2.21. The highest BCUT2D eigenvalue weighted by Gasteiger charge is 2.40. The molecule has 3 rings (SSSR count). The molecule has 2 aromatic rings. The Morgan fingerprint density at radius 3 is 1.61 bits per heavy atom. The second kappa shape index (κ2) is 41.7. The van der Waals surface area contributed by atoms with Gasteiger partial charge in [-0.2, -0.15) is 0 Å². The summed E-state index contributed by atoms with van der Waals surface area (Å²) in [6.45, 7) is 4.37. The summed E-state index contributed by atoms with van der Waals surface area (Å²) in [5.41, 5.74) is 51.9. The number of unbranched alkanes of at least 4 members (excludes halogenated alkanes) is 1. The topological polar surface area (TPSA) is 582 Å². The summed E-state index contributed by atoms with van der Waals surface area (Å²) in [6, 6.07) is 3.60. The number of carbonyl (C=O) groups excluding carboxylic acids is 11. The summed E-state index contributed by atoms with van der Waals surface area (Å²) in [6.07, 6.45) is 2.23. The minimum atomic E-state index is -1.43. The molecule has 11 amide bonds. The van der Waals surface area contributed by atoms with Gasteiger partial charge in [0.15, 0.2) is 17.9 Å². The van der Waals surface area contributed by atoms with Crippen LogP contribution in [0.15, 0.2) is 69.6 Å². The number of likely N-dealkylation sites (tertiary alicyclic amines) is 1. The maximum atomic E-state index is 14.6. The second-order valence-corrected chi connectivity index (χ2v) is 23.6. The molecular formula is C61H100N22O12. The third-order valence-corrected chi connectivity index (χ3v) is 15.3. The molecule has 0 radical (unpaired) electrons. The summed E-state index contributed by atoms with van der Waals surface area (Å²) < 4.78 is 0. The zero-order valence-electron chi connectivity index (χ0n) is 54.7. The van der Waals surface area contributed by atoms with Crippen LogP contribution >= 0.6 is 0 Å². The van der Waals surface area contributed by atoms with Crippen molar-refractivity contribution in [2.75, 3.05) is 52.9 Å². The van der Waals surface area contributed by atoms with E-state index in [1.54, 1.807) is 56.3 Å². The summed E-state index contributed by atoms with van der Waals surface area (Å²) in [4.78, 5) is 166. The lowest BCUT2D eigenvalue weighted by Crippen LogP contribution is -2.60. The molecule has 0 aromatic heterocycles. The molecule has 95 heavy (non-hydrogen) atoms. The number of hydrogen-bond acceptors (Lipinski definition) is 17. The molecule has 1 aliphatic rings. The van der Waals surface area contributed by atoms with Crippen LogP contribution in [0.5, 0.6) is 5.75 Å². The SMILES string of the molecule is CC(C)C[C@H](NC(=O)[C@H](Cc1ccccc1)N(C)C(=O)CNC(=O)CNC(=O)[C@@H](N)Cc1ccc(O)cc1)C(=O)N[C@@H](CCCN=C(N)N)C(=O)N[C@@H](CCCN=C(N)N)C(=O)N[C@H](C)C(=O)N[C@@H](CCCN=C(N)N)C(=O)N1CCC[C@H]1C(=O)N[C@@H](CCCCN)C(N)=O. The van der Waals surface area contributed by atoms with Gasteiger partial charge in [-0.1, -0.05) is 56.3 Å². The van der Waals surface area contributed by atoms with E-state index >= 15 is 0 Å². The van der Waals surface area contributed by atoms with Gasteiger partial charge in [0.25, 0.3) is 0 Å². The Morgan fingerprint density at radius 1 is 0.568 bits per heavy atom. The van der Waals surface area contributed by atoms with Crippen molar-refractivity contribution in [2.45, 2.75) is 165 Å². The number of nitrogens with zero attached hydrogens (tertiary/aromatic N) is 5. The Morgan fingerprint density at radius 2 is 1.07 bits per heavy atom. The van der Waals surface area contributed by atoms with Crippen LogP contribution in [0.3, 0.4) is 0 Å². The first-order chi connectivity index (χ1) is 45.0. The first-order valence-corrected chi connectivity index (χ1v) is 31.7. The van der Waals surface area contributed by atoms with Crippen molar-refractivity contribution >= 4 is 82.9 Å². The lowest BCUT2D eigenvalue weighted by Gasteiger charge is -2.31. The van der Waals surface area contributed by atoms with E-state index < -0.39 is 132 Å². The lowest BCUT2D eigenvalue weighted by molar-refractivity contribution is -0.142. The number of phenolic OH excluding ortho intramolecular Hbond substituents is 1. The summed E-state index contributed by atoms with van der Waals surface area (Å²) in [7, 11) is 1.35. The fraction of sp³-hybridized carbons (Fsp3) is 0.574. The minimum Gasteiger partial charge on any atom is -0.508 e. The van der Waals surface area contributed by atoms with E-state index in [1.807, 2.05) is 0 Å². The highest BCUT2D eigenvalue weighted by molar-refractivity contribution is 5.99. The van der Waals surface area contributed by atoms with Crippen LogP contribution in [0.1, 0.15) is 109 Å². The fourth-order valence-electron chi connectivity index (χ4n) is 10.1. The van der Waals surface area contributed by atoms with E-state index in [9.17, 15) is 57.8 Å². The molecule has 1 saturated heterocycles. The van der Waals surface area contributed by atoms with E-state index in [2.05, 4.69) is 57.5 Å². The molecule has 526 valence electrons. The first kappa shape index (κ1) is 79.4. The van der Waals surface area contributed by atoms with Gasteiger partial charge in [-0.3, -0.25) is 67.7 Å². The molecule has 9 atom stereocenters. The van der Waals surface area contributed by atoms with Crippen molar-refractivity contribution in [2.24, 2.45) is 72.5 Å². The number of phenols is 1. The number of likely N-dealkylation sites (N-methyl/N-ethyl adjacent to an activating group) is 1. The average Bonchev–Trinajstić information content (AvgIpc) is 1.77. The first-order valence-electron chi connectivity index (χ1n) is 31.7. The van der Waals surface area contributed by atoms with Crippen LogP contribution < -0.4 is 94.1 Å². The van der Waals surface area contributed by atoms with Gasteiger partial charge in [0.2, 0.25) is 65.0 Å². The van der Waals surface area contributed by atoms with Crippen molar-refractivity contribution in [1.82, 2.24) is 52.3 Å². The number of amides is 11. The van der Waals surface area contributed by atoms with E-state index in [4.69, 9.17) is 51.6 Å². The Kier molecular flexibility index (Phi) is 34.8. The standard InChI is InChI=1S/C61H100N22O12/c1-35(2)30-45(81-57(94)47(32-37-14-6-5-7-15-37)82(4)49(86)34-74-48(85)33-75-52(89)40(63)31-38-21-23-39(84)24-22-38)55(92)79-43(18-11-27-72-60(67)68)54(91)78-42(17-10-26-71-59(65)66)53(90)76-36(3)51(88)80-44(19-12-28-73-61(69)70)58(95)83-29-13-20-46(83)56(93)77-41(50(64)87)16-8-9-25-62/h5-7,14-15,21-24,35-36,40-47,84H,8-13,16-20,25-34,62-63H2,1-4H3,(H2,64,87)(H,74,85)(H,75,89)(H,76,90)(H,77,93)(H,78,91)(H,79,92)(H,80,88)(H,81,94)(H4,65,66,71)(H4,67,68,72)(H4,69,70,73)/t36-,40+,41+,42+,43+,44+,45+,46+,47+/m1/s1. The smallest absolute Gasteiger partial charge is 0.245 e. The van der Waals surface area contributed by atoms with Gasteiger partial charge in [-0.05, 0) is 126 Å². The number of aliphatic imine (C=N–C) groups is 3. The number of carbonyl (C=O) groups is 11. The number of hydrogen-bond donors (Lipinski definition) is 18. The fourth-order valence-corrected chi connectivity index (χ4v) is 10.1. The van der Waals surface area contributed by atoms with Crippen LogP contribution in [-0.4, -0.2) is 205 Å². The number of primary amides is 1. The molecule has 1 fully saturated rings. The second-order valence-electron chi connectivity index (χ2n) is 23.6. The Hall–Kier alpha value is -9.86. The molecule has 27 N–H and O–H groups in total.